The Labute approximate surface area is 168 Å². The van der Waals surface area contributed by atoms with Gasteiger partial charge in [-0.3, -0.25) is 10.1 Å². The molecule has 2 atom stereocenters. The van der Waals surface area contributed by atoms with Crippen LogP contribution < -0.4 is 16.0 Å². The van der Waals surface area contributed by atoms with Crippen LogP contribution in [0.4, 0.5) is 21.9 Å². The molecule has 0 unspecified atom stereocenters. The number of carboxylic acid groups (broad SMARTS) is 1. The summed E-state index contributed by atoms with van der Waals surface area (Å²) in [6.07, 6.45) is 0.0477. The fourth-order valence-electron chi connectivity index (χ4n) is 2.97. The van der Waals surface area contributed by atoms with Gasteiger partial charge in [0.15, 0.2) is 0 Å². The Balaban J connectivity index is 1.83. The summed E-state index contributed by atoms with van der Waals surface area (Å²) in [7, 11) is 0. The molecule has 11 heteroatoms. The number of non-ortho nitro benzene ring substituents is 1. The van der Waals surface area contributed by atoms with Gasteiger partial charge in [0, 0.05) is 45.5 Å². The van der Waals surface area contributed by atoms with Crippen molar-refractivity contribution in [2.75, 3.05) is 10.6 Å². The maximum atomic E-state index is 12.4. The molecule has 0 aliphatic carbocycles. The summed E-state index contributed by atoms with van der Waals surface area (Å²) in [6, 6.07) is 6.15. The van der Waals surface area contributed by atoms with Gasteiger partial charge in [0.1, 0.15) is 6.04 Å². The molecule has 0 saturated heterocycles. The summed E-state index contributed by atoms with van der Waals surface area (Å²) in [5, 5.41) is 28.8. The first-order chi connectivity index (χ1) is 13.2. The zero-order valence-corrected chi connectivity index (χ0v) is 15.6. The van der Waals surface area contributed by atoms with Crippen LogP contribution >= 0.6 is 23.2 Å². The minimum absolute atomic E-state index is 0.0477. The molecule has 4 N–H and O–H groups in total. The largest absolute Gasteiger partial charge is 0.480 e. The van der Waals surface area contributed by atoms with Crippen molar-refractivity contribution in [1.29, 1.82) is 0 Å². The number of benzene rings is 2. The van der Waals surface area contributed by atoms with Crippen LogP contribution in [0, 0.1) is 10.1 Å². The van der Waals surface area contributed by atoms with Gasteiger partial charge in [0.25, 0.3) is 5.69 Å². The first-order valence-corrected chi connectivity index (χ1v) is 8.80. The van der Waals surface area contributed by atoms with Crippen molar-refractivity contribution >= 4 is 52.3 Å². The average Bonchev–Trinajstić information content (AvgIpc) is 2.60. The number of fused-ring (bicyclic) bond motifs is 1. The maximum absolute atomic E-state index is 12.4. The van der Waals surface area contributed by atoms with Gasteiger partial charge in [0.05, 0.1) is 11.0 Å². The van der Waals surface area contributed by atoms with E-state index in [2.05, 4.69) is 16.0 Å². The van der Waals surface area contributed by atoms with E-state index >= 15 is 0 Å². The summed E-state index contributed by atoms with van der Waals surface area (Å²) in [6.45, 7) is 0. The van der Waals surface area contributed by atoms with E-state index in [0.717, 1.165) is 0 Å². The summed E-state index contributed by atoms with van der Waals surface area (Å²) in [5.74, 6) is -1.09. The molecule has 2 amide bonds. The fraction of sp³-hybridized carbons (Fsp3) is 0.176. The second kappa shape index (κ2) is 7.91. The van der Waals surface area contributed by atoms with Gasteiger partial charge in [-0.05, 0) is 18.2 Å². The highest BCUT2D eigenvalue weighted by Crippen LogP contribution is 2.39. The summed E-state index contributed by atoms with van der Waals surface area (Å²) in [4.78, 5) is 34.1. The van der Waals surface area contributed by atoms with E-state index < -0.39 is 29.0 Å². The Kier molecular flexibility index (Phi) is 5.57. The van der Waals surface area contributed by atoms with E-state index in [1.807, 2.05) is 0 Å². The molecule has 2 aromatic rings. The number of hydrogen-bond acceptors (Lipinski definition) is 5. The third-order valence-electron chi connectivity index (χ3n) is 4.16. The number of carbonyl (C=O) groups is 2. The highest BCUT2D eigenvalue weighted by molar-refractivity contribution is 6.35. The van der Waals surface area contributed by atoms with Crippen molar-refractivity contribution in [1.82, 2.24) is 5.32 Å². The summed E-state index contributed by atoms with van der Waals surface area (Å²) >= 11 is 12.2. The number of carbonyl (C=O) groups excluding carboxylic acids is 1. The number of rotatable bonds is 4. The molecule has 3 rings (SSSR count). The number of nitrogens with one attached hydrogen (secondary N) is 3. The van der Waals surface area contributed by atoms with Crippen LogP contribution in [0.1, 0.15) is 18.0 Å². The van der Waals surface area contributed by atoms with Crippen LogP contribution in [0.2, 0.25) is 10.0 Å². The van der Waals surface area contributed by atoms with Gasteiger partial charge in [-0.2, -0.15) is 0 Å². The number of nitrogens with zero attached hydrogens (tertiary/aromatic N) is 1. The number of amides is 2. The van der Waals surface area contributed by atoms with E-state index in [9.17, 15) is 24.8 Å². The lowest BCUT2D eigenvalue weighted by Crippen LogP contribution is -2.42. The number of halogens is 2. The van der Waals surface area contributed by atoms with Crippen molar-refractivity contribution in [3.63, 3.8) is 0 Å². The zero-order valence-electron chi connectivity index (χ0n) is 14.1. The highest BCUT2D eigenvalue weighted by Gasteiger charge is 2.33. The first kappa shape index (κ1) is 19.7. The molecule has 1 aliphatic heterocycles. The smallest absolute Gasteiger partial charge is 0.326 e. The Morgan fingerprint density at radius 2 is 2.00 bits per heavy atom. The number of hydrogen-bond donors (Lipinski definition) is 4. The molecule has 0 radical (unpaired) electrons. The van der Waals surface area contributed by atoms with Crippen LogP contribution in [-0.4, -0.2) is 28.1 Å². The summed E-state index contributed by atoms with van der Waals surface area (Å²) < 4.78 is 0. The normalized spacial score (nSPS) is 17.8. The maximum Gasteiger partial charge on any atom is 0.326 e. The number of carboxylic acids is 1. The molecule has 2 aromatic carbocycles. The van der Waals surface area contributed by atoms with E-state index in [0.29, 0.717) is 16.3 Å². The van der Waals surface area contributed by atoms with Crippen molar-refractivity contribution < 1.29 is 19.6 Å². The third kappa shape index (κ3) is 4.26. The Morgan fingerprint density at radius 1 is 1.25 bits per heavy atom. The zero-order chi connectivity index (χ0) is 20.4. The molecule has 9 nitrogen and oxygen atoms in total. The van der Waals surface area contributed by atoms with Gasteiger partial charge in [-0.15, -0.1) is 0 Å². The number of nitro benzene ring substituents is 1. The molecule has 0 bridgehead atoms. The molecular formula is C17H14Cl2N4O5. The second-order valence-corrected chi connectivity index (χ2v) is 6.92. The average molecular weight is 425 g/mol. The van der Waals surface area contributed by atoms with Crippen molar-refractivity contribution in [3.8, 4) is 0 Å². The third-order valence-corrected chi connectivity index (χ3v) is 4.69. The minimum Gasteiger partial charge on any atom is -0.480 e. The van der Waals surface area contributed by atoms with Gasteiger partial charge in [-0.1, -0.05) is 29.3 Å². The topological polar surface area (TPSA) is 134 Å². The van der Waals surface area contributed by atoms with Crippen LogP contribution in [0.15, 0.2) is 36.4 Å². The standard InChI is InChI=1S/C17H14Cl2N4O5/c18-8-4-11(19)15-12(5-8)21-14(16(24)25)7-13(15)22-17(26)20-9-2-1-3-10(6-9)23(27)28/h1-6,13-14,21H,7H2,(H,24,25)(H2,20,22,26)/t13-,14+/m1/s1. The predicted molar refractivity (Wildman–Crippen MR) is 104 cm³/mol. The van der Waals surface area contributed by atoms with E-state index in [1.54, 1.807) is 0 Å². The molecule has 0 fully saturated rings. The van der Waals surface area contributed by atoms with Crippen molar-refractivity contribution in [2.45, 2.75) is 18.5 Å². The van der Waals surface area contributed by atoms with Gasteiger partial charge in [-0.25, -0.2) is 9.59 Å². The van der Waals surface area contributed by atoms with Gasteiger partial charge in [0.2, 0.25) is 0 Å². The predicted octanol–water partition coefficient (Wildman–Crippen LogP) is 4.03. The number of aliphatic carboxylic acids is 1. The van der Waals surface area contributed by atoms with Crippen LogP contribution in [-0.2, 0) is 4.79 Å². The van der Waals surface area contributed by atoms with Crippen LogP contribution in [0.3, 0.4) is 0 Å². The molecule has 1 heterocycles. The van der Waals surface area contributed by atoms with E-state index in [4.69, 9.17) is 23.2 Å². The number of anilines is 2. The second-order valence-electron chi connectivity index (χ2n) is 6.08. The van der Waals surface area contributed by atoms with E-state index in [-0.39, 0.29) is 22.8 Å². The molecule has 0 saturated carbocycles. The molecular weight excluding hydrogens is 411 g/mol. The summed E-state index contributed by atoms with van der Waals surface area (Å²) in [5.41, 5.74) is 0.973. The molecule has 0 aromatic heterocycles. The Bertz CT molecular complexity index is 969. The molecule has 28 heavy (non-hydrogen) atoms. The highest BCUT2D eigenvalue weighted by atomic mass is 35.5. The fourth-order valence-corrected chi connectivity index (χ4v) is 3.60. The van der Waals surface area contributed by atoms with Crippen molar-refractivity contribution in [2.24, 2.45) is 0 Å². The lowest BCUT2D eigenvalue weighted by molar-refractivity contribution is -0.384. The number of urea groups is 1. The van der Waals surface area contributed by atoms with Crippen molar-refractivity contribution in [3.05, 3.63) is 62.1 Å². The van der Waals surface area contributed by atoms with Gasteiger partial charge >= 0.3 is 12.0 Å². The first-order valence-electron chi connectivity index (χ1n) is 8.05. The van der Waals surface area contributed by atoms with Crippen LogP contribution in [0.25, 0.3) is 0 Å². The Hall–Kier alpha value is -3.04. The molecule has 0 spiro atoms. The molecule has 146 valence electrons. The quantitative estimate of drug-likeness (QED) is 0.432. The minimum atomic E-state index is -1.09. The SMILES string of the molecule is O=C(Nc1cccc([N+](=O)[O-])c1)N[C@@H]1C[C@@H](C(=O)O)Nc2cc(Cl)cc(Cl)c21. The number of nitro groups is 1. The lowest BCUT2D eigenvalue weighted by atomic mass is 9.93. The van der Waals surface area contributed by atoms with Gasteiger partial charge < -0.3 is 21.1 Å². The van der Waals surface area contributed by atoms with Crippen LogP contribution in [0.5, 0.6) is 0 Å². The lowest BCUT2D eigenvalue weighted by Gasteiger charge is -2.32. The van der Waals surface area contributed by atoms with E-state index in [1.165, 1.54) is 36.4 Å². The monoisotopic (exact) mass is 424 g/mol. The Morgan fingerprint density at radius 3 is 2.68 bits per heavy atom. The molecule has 1 aliphatic rings.